The molecular formula is C12H20O12. The van der Waals surface area contributed by atoms with E-state index in [1.54, 1.807) is 0 Å². The molecule has 0 aliphatic carbocycles. The maximum atomic E-state index is 11.0. The van der Waals surface area contributed by atoms with Gasteiger partial charge in [-0.25, -0.2) is 4.79 Å². The van der Waals surface area contributed by atoms with Crippen molar-refractivity contribution in [3.05, 3.63) is 0 Å². The lowest BCUT2D eigenvalue weighted by Crippen LogP contribution is -2.64. The number of carbonyl (C=O) groups is 1. The van der Waals surface area contributed by atoms with Gasteiger partial charge >= 0.3 is 5.97 Å². The predicted molar refractivity (Wildman–Crippen MR) is 69.2 cm³/mol. The lowest BCUT2D eigenvalue weighted by atomic mass is 9.97. The molecule has 0 saturated carbocycles. The Morgan fingerprint density at radius 3 is 2.04 bits per heavy atom. The summed E-state index contributed by atoms with van der Waals surface area (Å²) >= 11 is 0. The van der Waals surface area contributed by atoms with E-state index in [2.05, 4.69) is 0 Å². The molecule has 12 nitrogen and oxygen atoms in total. The smallest absolute Gasteiger partial charge is 0.335 e. The Labute approximate surface area is 135 Å². The van der Waals surface area contributed by atoms with Crippen LogP contribution in [0, 0.1) is 0 Å². The molecule has 2 fully saturated rings. The van der Waals surface area contributed by atoms with E-state index in [0.717, 1.165) is 0 Å². The number of hydrogen-bond acceptors (Lipinski definition) is 11. The normalized spacial score (nSPS) is 49.8. The standard InChI is InChI=1S/C12H20O12/c13-1-2-8(5(16)6(17)11(21)22-2)23-12-7(18)3(14)4(15)9(24-12)10(19)20/h2-9,11-18,21H,1H2,(H,19,20)/t2-,3+,4+,5-,6-,7-,8-,9+,11-,12-/m0/s1. The maximum absolute atomic E-state index is 11.0. The molecule has 0 aromatic rings. The second-order valence-electron chi connectivity index (χ2n) is 5.56. The van der Waals surface area contributed by atoms with Crippen molar-refractivity contribution in [3.63, 3.8) is 0 Å². The fourth-order valence-corrected chi connectivity index (χ4v) is 2.55. The summed E-state index contributed by atoms with van der Waals surface area (Å²) in [5.74, 6) is -1.63. The number of hydrogen-bond donors (Lipinski definition) is 8. The first kappa shape index (κ1) is 19.4. The second kappa shape index (κ2) is 7.53. The first-order valence-electron chi connectivity index (χ1n) is 7.07. The van der Waals surface area contributed by atoms with Gasteiger partial charge in [0.05, 0.1) is 6.61 Å². The zero-order chi connectivity index (χ0) is 18.2. The molecule has 24 heavy (non-hydrogen) atoms. The van der Waals surface area contributed by atoms with Crippen LogP contribution in [0.5, 0.6) is 0 Å². The molecule has 10 atom stereocenters. The maximum Gasteiger partial charge on any atom is 0.335 e. The molecule has 2 aliphatic rings. The minimum Gasteiger partial charge on any atom is -0.479 e. The van der Waals surface area contributed by atoms with Crippen molar-refractivity contribution in [2.75, 3.05) is 6.61 Å². The summed E-state index contributed by atoms with van der Waals surface area (Å²) in [6, 6.07) is 0. The van der Waals surface area contributed by atoms with Gasteiger partial charge in [-0.05, 0) is 0 Å². The van der Waals surface area contributed by atoms with Crippen molar-refractivity contribution in [2.24, 2.45) is 0 Å². The fourth-order valence-electron chi connectivity index (χ4n) is 2.55. The highest BCUT2D eigenvalue weighted by atomic mass is 16.7. The van der Waals surface area contributed by atoms with Crippen LogP contribution in [0.2, 0.25) is 0 Å². The lowest BCUT2D eigenvalue weighted by molar-refractivity contribution is -0.351. The minimum absolute atomic E-state index is 0.748. The number of aliphatic hydroxyl groups is 7. The summed E-state index contributed by atoms with van der Waals surface area (Å²) < 4.78 is 14.9. The summed E-state index contributed by atoms with van der Waals surface area (Å²) in [6.45, 7) is -0.748. The van der Waals surface area contributed by atoms with Gasteiger partial charge < -0.3 is 55.1 Å². The minimum atomic E-state index is -1.93. The number of rotatable bonds is 4. The molecule has 0 aromatic carbocycles. The molecule has 12 heteroatoms. The Morgan fingerprint density at radius 1 is 0.875 bits per heavy atom. The van der Waals surface area contributed by atoms with Crippen molar-refractivity contribution >= 4 is 5.97 Å². The molecule has 8 N–H and O–H groups in total. The van der Waals surface area contributed by atoms with Crippen molar-refractivity contribution in [1.29, 1.82) is 0 Å². The van der Waals surface area contributed by atoms with Crippen molar-refractivity contribution < 1.29 is 59.9 Å². The Bertz CT molecular complexity index is 444. The molecule has 0 aromatic heterocycles. The highest BCUT2D eigenvalue weighted by Crippen LogP contribution is 2.28. The van der Waals surface area contributed by atoms with Crippen molar-refractivity contribution in [2.45, 2.75) is 61.4 Å². The van der Waals surface area contributed by atoms with E-state index in [-0.39, 0.29) is 0 Å². The molecule has 0 radical (unpaired) electrons. The second-order valence-corrected chi connectivity index (χ2v) is 5.56. The number of carboxylic acids is 1. The van der Waals surface area contributed by atoms with E-state index in [1.165, 1.54) is 0 Å². The third-order valence-electron chi connectivity index (χ3n) is 3.94. The number of aliphatic carboxylic acids is 1. The van der Waals surface area contributed by atoms with Crippen LogP contribution < -0.4 is 0 Å². The number of carboxylic acid groups (broad SMARTS) is 1. The molecule has 2 rings (SSSR count). The zero-order valence-electron chi connectivity index (χ0n) is 12.2. The van der Waals surface area contributed by atoms with Crippen LogP contribution in [-0.2, 0) is 19.0 Å². The Kier molecular flexibility index (Phi) is 6.09. The largest absolute Gasteiger partial charge is 0.479 e. The highest BCUT2D eigenvalue weighted by Gasteiger charge is 2.51. The van der Waals surface area contributed by atoms with Gasteiger partial charge in [-0.1, -0.05) is 0 Å². The molecular weight excluding hydrogens is 336 g/mol. The van der Waals surface area contributed by atoms with Crippen LogP contribution in [0.1, 0.15) is 0 Å². The Balaban J connectivity index is 2.16. The molecule has 2 aliphatic heterocycles. The van der Waals surface area contributed by atoms with Crippen LogP contribution in [0.4, 0.5) is 0 Å². The van der Waals surface area contributed by atoms with E-state index in [1.807, 2.05) is 0 Å². The number of aliphatic hydroxyl groups excluding tert-OH is 7. The molecule has 0 unspecified atom stereocenters. The first-order chi connectivity index (χ1) is 11.2. The molecule has 140 valence electrons. The zero-order valence-corrected chi connectivity index (χ0v) is 12.2. The van der Waals surface area contributed by atoms with E-state index < -0.39 is 74.0 Å². The van der Waals surface area contributed by atoms with Gasteiger partial charge in [0.15, 0.2) is 18.7 Å². The average Bonchev–Trinajstić information content (AvgIpc) is 2.54. The van der Waals surface area contributed by atoms with Gasteiger partial charge in [0, 0.05) is 0 Å². The summed E-state index contributed by atoms with van der Waals surface area (Å²) in [7, 11) is 0. The third kappa shape index (κ3) is 3.52. The van der Waals surface area contributed by atoms with Crippen LogP contribution >= 0.6 is 0 Å². The van der Waals surface area contributed by atoms with Crippen LogP contribution in [-0.4, -0.2) is 115 Å². The Morgan fingerprint density at radius 2 is 1.50 bits per heavy atom. The molecule has 2 heterocycles. The predicted octanol–water partition coefficient (Wildman–Crippen LogP) is -5.30. The van der Waals surface area contributed by atoms with Crippen molar-refractivity contribution in [3.8, 4) is 0 Å². The quantitative estimate of drug-likeness (QED) is 0.238. The highest BCUT2D eigenvalue weighted by molar-refractivity contribution is 5.73. The summed E-state index contributed by atoms with van der Waals surface area (Å²) in [6.07, 6.45) is -17.7. The molecule has 2 saturated heterocycles. The average molecular weight is 356 g/mol. The van der Waals surface area contributed by atoms with E-state index in [0.29, 0.717) is 0 Å². The van der Waals surface area contributed by atoms with Gasteiger partial charge in [0.1, 0.15) is 42.7 Å². The van der Waals surface area contributed by atoms with Crippen LogP contribution in [0.15, 0.2) is 0 Å². The Hall–Kier alpha value is -0.930. The van der Waals surface area contributed by atoms with E-state index in [4.69, 9.17) is 19.3 Å². The van der Waals surface area contributed by atoms with Gasteiger partial charge in [0.25, 0.3) is 0 Å². The SMILES string of the molecule is O=C(O)[C@@H]1O[C@H](O[C@@H]2[C@@H](O)[C@H](O)[C@@H](O)O[C@H]2CO)[C@@H](O)[C@H](O)[C@H]1O. The van der Waals surface area contributed by atoms with E-state index in [9.17, 15) is 40.5 Å². The van der Waals surface area contributed by atoms with Gasteiger partial charge in [-0.3, -0.25) is 0 Å². The summed E-state index contributed by atoms with van der Waals surface area (Å²) in [5.41, 5.74) is 0. The fraction of sp³-hybridized carbons (Fsp3) is 0.917. The molecule has 0 bridgehead atoms. The van der Waals surface area contributed by atoms with Gasteiger partial charge in [0.2, 0.25) is 0 Å². The summed E-state index contributed by atoms with van der Waals surface area (Å²) in [4.78, 5) is 11.0. The van der Waals surface area contributed by atoms with Crippen molar-refractivity contribution in [1.82, 2.24) is 0 Å². The molecule has 0 spiro atoms. The van der Waals surface area contributed by atoms with Gasteiger partial charge in [-0.15, -0.1) is 0 Å². The van der Waals surface area contributed by atoms with Crippen LogP contribution in [0.25, 0.3) is 0 Å². The molecule has 0 amide bonds. The monoisotopic (exact) mass is 356 g/mol. The summed E-state index contributed by atoms with van der Waals surface area (Å²) in [5, 5.41) is 76.2. The first-order valence-corrected chi connectivity index (χ1v) is 7.07. The number of ether oxygens (including phenoxy) is 3. The third-order valence-corrected chi connectivity index (χ3v) is 3.94. The van der Waals surface area contributed by atoms with Crippen LogP contribution in [0.3, 0.4) is 0 Å². The van der Waals surface area contributed by atoms with Gasteiger partial charge in [-0.2, -0.15) is 0 Å². The lowest BCUT2D eigenvalue weighted by Gasteiger charge is -2.44. The van der Waals surface area contributed by atoms with E-state index >= 15 is 0 Å². The topological polar surface area (TPSA) is 207 Å².